The molecule has 0 saturated heterocycles. The van der Waals surface area contributed by atoms with E-state index >= 15 is 0 Å². The largest absolute Gasteiger partial charge is 0.416 e. The van der Waals surface area contributed by atoms with Crippen molar-refractivity contribution in [2.24, 2.45) is 0 Å². The minimum absolute atomic E-state index is 0.0956. The fourth-order valence-corrected chi connectivity index (χ4v) is 4.08. The Labute approximate surface area is 166 Å². The highest BCUT2D eigenvalue weighted by molar-refractivity contribution is 6.18. The maximum atomic E-state index is 13.2. The molecule has 5 nitrogen and oxygen atoms in total. The number of hydrogen-bond donors (Lipinski definition) is 0. The normalized spacial score (nSPS) is 17.2. The van der Waals surface area contributed by atoms with E-state index in [0.717, 1.165) is 42.8 Å². The van der Waals surface area contributed by atoms with Crippen LogP contribution in [0.1, 0.15) is 24.0 Å². The fraction of sp³-hybridized carbons (Fsp3) is 0.333. The first-order chi connectivity index (χ1) is 13.7. The van der Waals surface area contributed by atoms with E-state index < -0.39 is 24.1 Å². The predicted molar refractivity (Wildman–Crippen MR) is 105 cm³/mol. The summed E-state index contributed by atoms with van der Waals surface area (Å²) in [6.45, 7) is 0.875. The number of carbonyl (C=O) groups is 2. The molecule has 0 atom stereocenters. The van der Waals surface area contributed by atoms with Crippen LogP contribution in [0.15, 0.2) is 36.4 Å². The Morgan fingerprint density at radius 1 is 0.966 bits per heavy atom. The van der Waals surface area contributed by atoms with E-state index in [2.05, 4.69) is 4.90 Å². The summed E-state index contributed by atoms with van der Waals surface area (Å²) in [6.07, 6.45) is -3.32. The average molecular weight is 403 g/mol. The van der Waals surface area contributed by atoms with Gasteiger partial charge in [0, 0.05) is 37.6 Å². The van der Waals surface area contributed by atoms with Crippen LogP contribution in [-0.2, 0) is 22.2 Å². The Kier molecular flexibility index (Phi) is 4.52. The third kappa shape index (κ3) is 3.22. The van der Waals surface area contributed by atoms with E-state index in [1.165, 1.54) is 21.9 Å². The molecule has 0 radical (unpaired) electrons. The number of anilines is 4. The Hall–Kier alpha value is -3.03. The highest BCUT2D eigenvalue weighted by Crippen LogP contribution is 2.45. The number of fused-ring (bicyclic) bond motifs is 3. The lowest BCUT2D eigenvalue weighted by Crippen LogP contribution is -2.30. The molecule has 0 saturated carbocycles. The summed E-state index contributed by atoms with van der Waals surface area (Å²) in [5.74, 6) is -0.934. The number of halogens is 3. The molecule has 2 aliphatic heterocycles. The highest BCUT2D eigenvalue weighted by atomic mass is 19.4. The number of rotatable bonds is 1. The lowest BCUT2D eigenvalue weighted by molar-refractivity contribution is -0.137. The fourth-order valence-electron chi connectivity index (χ4n) is 4.08. The number of benzene rings is 2. The first-order valence-corrected chi connectivity index (χ1v) is 9.32. The lowest BCUT2D eigenvalue weighted by atomic mass is 9.97. The van der Waals surface area contributed by atoms with Gasteiger partial charge in [0.1, 0.15) is 6.42 Å². The average Bonchev–Trinajstić information content (AvgIpc) is 2.76. The SMILES string of the molecule is CN1CCCc2c1ccc1c2N(C)C(=O)CC(=O)N1c1cccc(C(F)(F)F)c1. The first-order valence-electron chi connectivity index (χ1n) is 9.32. The minimum Gasteiger partial charge on any atom is -0.374 e. The summed E-state index contributed by atoms with van der Waals surface area (Å²) in [5.41, 5.74) is 2.16. The molecule has 2 aromatic carbocycles. The van der Waals surface area contributed by atoms with E-state index in [-0.39, 0.29) is 11.6 Å². The van der Waals surface area contributed by atoms with Crippen LogP contribution in [0.4, 0.5) is 35.9 Å². The second kappa shape index (κ2) is 6.79. The molecule has 4 rings (SSSR count). The molecule has 2 aliphatic rings. The van der Waals surface area contributed by atoms with Crippen LogP contribution in [0, 0.1) is 0 Å². The maximum Gasteiger partial charge on any atom is 0.416 e. The zero-order chi connectivity index (χ0) is 20.9. The maximum absolute atomic E-state index is 13.2. The van der Waals surface area contributed by atoms with Gasteiger partial charge in [-0.25, -0.2) is 0 Å². The van der Waals surface area contributed by atoms with Crippen LogP contribution in [0.25, 0.3) is 0 Å². The summed E-state index contributed by atoms with van der Waals surface area (Å²) in [4.78, 5) is 30.3. The zero-order valence-corrected chi connectivity index (χ0v) is 16.1. The van der Waals surface area contributed by atoms with Crippen LogP contribution in [0.2, 0.25) is 0 Å². The Morgan fingerprint density at radius 2 is 1.69 bits per heavy atom. The molecule has 2 amide bonds. The van der Waals surface area contributed by atoms with E-state index in [1.54, 1.807) is 13.1 Å². The monoisotopic (exact) mass is 403 g/mol. The number of alkyl halides is 3. The van der Waals surface area contributed by atoms with Crippen molar-refractivity contribution in [3.05, 3.63) is 47.5 Å². The molecule has 8 heteroatoms. The molecular weight excluding hydrogens is 383 g/mol. The number of carbonyl (C=O) groups excluding carboxylic acids is 2. The van der Waals surface area contributed by atoms with Gasteiger partial charge < -0.3 is 9.80 Å². The van der Waals surface area contributed by atoms with E-state index in [4.69, 9.17) is 0 Å². The number of amides is 2. The van der Waals surface area contributed by atoms with E-state index in [0.29, 0.717) is 11.4 Å². The van der Waals surface area contributed by atoms with Crippen molar-refractivity contribution in [1.82, 2.24) is 0 Å². The second-order valence-electron chi connectivity index (χ2n) is 7.36. The molecule has 0 fully saturated rings. The van der Waals surface area contributed by atoms with Gasteiger partial charge in [-0.2, -0.15) is 13.2 Å². The molecule has 0 N–H and O–H groups in total. The van der Waals surface area contributed by atoms with Gasteiger partial charge in [-0.3, -0.25) is 14.5 Å². The second-order valence-corrected chi connectivity index (χ2v) is 7.36. The molecule has 0 aromatic heterocycles. The van der Waals surface area contributed by atoms with Crippen LogP contribution < -0.4 is 14.7 Å². The number of hydrogen-bond acceptors (Lipinski definition) is 3. The van der Waals surface area contributed by atoms with Gasteiger partial charge in [0.25, 0.3) is 0 Å². The zero-order valence-electron chi connectivity index (χ0n) is 16.1. The quantitative estimate of drug-likeness (QED) is 0.673. The Morgan fingerprint density at radius 3 is 2.41 bits per heavy atom. The predicted octanol–water partition coefficient (Wildman–Crippen LogP) is 4.12. The molecule has 0 unspecified atom stereocenters. The summed E-state index contributed by atoms with van der Waals surface area (Å²) in [7, 11) is 3.57. The summed E-state index contributed by atoms with van der Waals surface area (Å²) >= 11 is 0. The highest BCUT2D eigenvalue weighted by Gasteiger charge is 2.36. The van der Waals surface area contributed by atoms with Gasteiger partial charge in [-0.05, 0) is 43.2 Å². The molecule has 29 heavy (non-hydrogen) atoms. The molecule has 0 aliphatic carbocycles. The van der Waals surface area contributed by atoms with Crippen molar-refractivity contribution < 1.29 is 22.8 Å². The Bertz CT molecular complexity index is 1000. The third-order valence-electron chi connectivity index (χ3n) is 5.50. The van der Waals surface area contributed by atoms with Crippen molar-refractivity contribution in [3.63, 3.8) is 0 Å². The third-order valence-corrected chi connectivity index (χ3v) is 5.50. The summed E-state index contributed by atoms with van der Waals surface area (Å²) in [5, 5.41) is 0. The van der Waals surface area contributed by atoms with Gasteiger partial charge in [0.05, 0.1) is 16.9 Å². The van der Waals surface area contributed by atoms with Gasteiger partial charge in [-0.1, -0.05) is 6.07 Å². The summed E-state index contributed by atoms with van der Waals surface area (Å²) in [6, 6.07) is 8.22. The van der Waals surface area contributed by atoms with E-state index in [9.17, 15) is 22.8 Å². The first kappa shape index (κ1) is 19.3. The van der Waals surface area contributed by atoms with Gasteiger partial charge in [0.15, 0.2) is 0 Å². The van der Waals surface area contributed by atoms with E-state index in [1.807, 2.05) is 13.1 Å². The molecule has 2 aromatic rings. The standard InChI is InChI=1S/C21H20F3N3O2/c1-25-10-4-7-15-16(25)8-9-17-20(15)26(2)18(28)12-19(29)27(17)14-6-3-5-13(11-14)21(22,23)24/h3,5-6,8-9,11H,4,7,10,12H2,1-2H3. The van der Waals surface area contributed by atoms with Crippen LogP contribution in [0.3, 0.4) is 0 Å². The van der Waals surface area contributed by atoms with Gasteiger partial charge >= 0.3 is 6.18 Å². The summed E-state index contributed by atoms with van der Waals surface area (Å²) < 4.78 is 39.7. The van der Waals surface area contributed by atoms with Crippen molar-refractivity contribution in [2.45, 2.75) is 25.4 Å². The molecular formula is C21H20F3N3O2. The molecule has 2 heterocycles. The van der Waals surface area contributed by atoms with Gasteiger partial charge in [0.2, 0.25) is 11.8 Å². The molecule has 0 bridgehead atoms. The van der Waals surface area contributed by atoms with Crippen molar-refractivity contribution >= 4 is 34.6 Å². The lowest BCUT2D eigenvalue weighted by Gasteiger charge is -2.33. The van der Waals surface area contributed by atoms with Crippen LogP contribution in [0.5, 0.6) is 0 Å². The Balaban J connectivity index is 1.94. The van der Waals surface area contributed by atoms with Crippen molar-refractivity contribution in [1.29, 1.82) is 0 Å². The number of nitrogens with zero attached hydrogens (tertiary/aromatic N) is 3. The topological polar surface area (TPSA) is 43.9 Å². The van der Waals surface area contributed by atoms with Crippen LogP contribution in [-0.4, -0.2) is 32.5 Å². The minimum atomic E-state index is -4.53. The molecule has 152 valence electrons. The van der Waals surface area contributed by atoms with Crippen LogP contribution >= 0.6 is 0 Å². The smallest absolute Gasteiger partial charge is 0.374 e. The van der Waals surface area contributed by atoms with Gasteiger partial charge in [-0.15, -0.1) is 0 Å². The van der Waals surface area contributed by atoms with Crippen molar-refractivity contribution in [2.75, 3.05) is 35.3 Å². The molecule has 0 spiro atoms. The van der Waals surface area contributed by atoms with Crippen molar-refractivity contribution in [3.8, 4) is 0 Å².